The summed E-state index contributed by atoms with van der Waals surface area (Å²) in [6.07, 6.45) is 0. The topological polar surface area (TPSA) is 54.4 Å². The molecule has 0 heterocycles. The number of aliphatic carboxylic acids is 1. The standard InChI is InChI=1S/C4H7O.C2H4O2.K/c1-4(2)3-5;1-2(3)4;/h4H,1-2H3;1H3,(H,3,4);. The van der Waals surface area contributed by atoms with Gasteiger partial charge in [-0.2, -0.15) is 0 Å². The number of hydrogen-bond donors (Lipinski definition) is 1. The second kappa shape index (κ2) is 7.88. The van der Waals surface area contributed by atoms with E-state index in [4.69, 9.17) is 9.90 Å². The Morgan fingerprint density at radius 3 is 1.50 bits per heavy atom. The van der Waals surface area contributed by atoms with Gasteiger partial charge in [-0.15, -0.1) is 0 Å². The summed E-state index contributed by atoms with van der Waals surface area (Å²) in [4.78, 5) is 19.2. The first-order chi connectivity index (χ1) is 4.37. The van der Waals surface area contributed by atoms with Crippen LogP contribution in [0.25, 0.3) is 0 Å². The molecule has 10 heavy (non-hydrogen) atoms. The van der Waals surface area contributed by atoms with Crippen LogP contribution in [-0.2, 0) is 9.59 Å². The molecule has 0 unspecified atom stereocenters. The third-order valence-corrected chi connectivity index (χ3v) is 2.62. The van der Waals surface area contributed by atoms with Crippen LogP contribution in [0.3, 0.4) is 0 Å². The zero-order valence-corrected chi connectivity index (χ0v) is 9.96. The summed E-state index contributed by atoms with van der Waals surface area (Å²) < 4.78 is 0.447. The number of carboxylic acids is 1. The second-order valence-corrected chi connectivity index (χ2v) is 3.82. The molecule has 0 aromatic carbocycles. The van der Waals surface area contributed by atoms with E-state index in [1.54, 1.807) is 0 Å². The van der Waals surface area contributed by atoms with E-state index < -0.39 is 5.97 Å². The molecule has 0 aliphatic rings. The summed E-state index contributed by atoms with van der Waals surface area (Å²) in [5.74, 6) is -0.537. The van der Waals surface area contributed by atoms with Gasteiger partial charge in [0, 0.05) is 6.92 Å². The zero-order valence-electron chi connectivity index (χ0n) is 6.84. The van der Waals surface area contributed by atoms with Gasteiger partial charge in [0.1, 0.15) is 0 Å². The molecule has 0 radical (unpaired) electrons. The van der Waals surface area contributed by atoms with Crippen molar-refractivity contribution in [1.82, 2.24) is 0 Å². The molecular formula is C6H11KO3. The Morgan fingerprint density at radius 2 is 1.50 bits per heavy atom. The van der Waals surface area contributed by atoms with Crippen LogP contribution in [0.5, 0.6) is 0 Å². The number of hydrogen-bond acceptors (Lipinski definition) is 2. The maximum absolute atomic E-state index is 10.2. The van der Waals surface area contributed by atoms with Crippen LogP contribution in [0.15, 0.2) is 0 Å². The summed E-state index contributed by atoms with van der Waals surface area (Å²) in [6.45, 7) is 4.96. The van der Waals surface area contributed by atoms with E-state index in [1.807, 2.05) is 13.8 Å². The minimum absolute atomic E-state index is 0.296. The minimum atomic E-state index is -0.833. The third kappa shape index (κ3) is 23.3. The van der Waals surface area contributed by atoms with E-state index >= 15 is 0 Å². The van der Waals surface area contributed by atoms with Gasteiger partial charge in [-0.1, -0.05) is 0 Å². The van der Waals surface area contributed by atoms with E-state index in [1.165, 1.54) is 0 Å². The van der Waals surface area contributed by atoms with Gasteiger partial charge >= 0.3 is 73.4 Å². The van der Waals surface area contributed by atoms with E-state index in [-0.39, 0.29) is 0 Å². The van der Waals surface area contributed by atoms with E-state index in [0.29, 0.717) is 54.7 Å². The van der Waals surface area contributed by atoms with Crippen LogP contribution in [0.4, 0.5) is 0 Å². The van der Waals surface area contributed by atoms with Crippen LogP contribution in [0, 0.1) is 5.92 Å². The van der Waals surface area contributed by atoms with Gasteiger partial charge in [-0.05, 0) is 0 Å². The van der Waals surface area contributed by atoms with Crippen LogP contribution >= 0.6 is 0 Å². The van der Waals surface area contributed by atoms with Crippen molar-refractivity contribution in [2.24, 2.45) is 5.92 Å². The number of carbonyl (C=O) groups excluding carboxylic acids is 1. The predicted octanol–water partition coefficient (Wildman–Crippen LogP) is 0.428. The van der Waals surface area contributed by atoms with Gasteiger partial charge in [0.15, 0.2) is 0 Å². The Hall–Kier alpha value is 0.776. The first-order valence-electron chi connectivity index (χ1n) is 3.08. The van der Waals surface area contributed by atoms with Crippen molar-refractivity contribution in [3.63, 3.8) is 0 Å². The molecule has 0 bridgehead atoms. The summed E-state index contributed by atoms with van der Waals surface area (Å²) in [6, 6.07) is 0. The van der Waals surface area contributed by atoms with Crippen LogP contribution in [-0.4, -0.2) is 59.9 Å². The van der Waals surface area contributed by atoms with Crippen LogP contribution in [0.1, 0.15) is 20.8 Å². The van der Waals surface area contributed by atoms with Crippen LogP contribution < -0.4 is 0 Å². The molecular weight excluding hydrogens is 159 g/mol. The molecule has 4 heteroatoms. The molecule has 0 aromatic heterocycles. The van der Waals surface area contributed by atoms with Gasteiger partial charge in [0.2, 0.25) is 0 Å². The Balaban J connectivity index is 0. The molecule has 0 spiro atoms. The van der Waals surface area contributed by atoms with Gasteiger partial charge < -0.3 is 5.11 Å². The Bertz CT molecular complexity index is 116. The van der Waals surface area contributed by atoms with Gasteiger partial charge in [-0.3, -0.25) is 4.79 Å². The molecule has 0 rings (SSSR count). The Labute approximate surface area is 94.8 Å². The van der Waals surface area contributed by atoms with Crippen molar-refractivity contribution >= 4 is 54.8 Å². The molecule has 0 amide bonds. The number of rotatable bonds is 1. The second-order valence-electron chi connectivity index (χ2n) is 2.28. The third-order valence-electron chi connectivity index (χ3n) is 0.813. The first-order valence-corrected chi connectivity index (χ1v) is 4.64. The Morgan fingerprint density at radius 1 is 1.40 bits per heavy atom. The fourth-order valence-corrected chi connectivity index (χ4v) is 0. The fraction of sp³-hybridized carbons (Fsp3) is 0.667. The number of carboxylic acid groups (broad SMARTS) is 1. The monoisotopic (exact) mass is 170 g/mol. The average molecular weight is 170 g/mol. The van der Waals surface area contributed by atoms with Crippen molar-refractivity contribution in [3.05, 3.63) is 0 Å². The Kier molecular flexibility index (Phi) is 10.5. The molecule has 0 saturated carbocycles. The quantitative estimate of drug-likeness (QED) is 0.580. The predicted molar refractivity (Wildman–Crippen MR) is 38.9 cm³/mol. The summed E-state index contributed by atoms with van der Waals surface area (Å²) in [5, 5.41) is 7.42. The van der Waals surface area contributed by atoms with Crippen molar-refractivity contribution in [2.75, 3.05) is 0 Å². The van der Waals surface area contributed by atoms with E-state index in [2.05, 4.69) is 0 Å². The van der Waals surface area contributed by atoms with E-state index in [0.717, 1.165) is 6.92 Å². The first kappa shape index (κ1) is 13.4. The van der Waals surface area contributed by atoms with Crippen molar-refractivity contribution in [2.45, 2.75) is 20.8 Å². The molecule has 0 atom stereocenters. The summed E-state index contributed by atoms with van der Waals surface area (Å²) in [5.41, 5.74) is 0. The molecule has 1 N–H and O–H groups in total. The SMILES string of the molecule is CC(=O)O.CC(C)[C](=O)[K]. The normalized spacial score (nSPS) is 8.20. The summed E-state index contributed by atoms with van der Waals surface area (Å²) >= 11 is 0.404. The molecule has 0 fully saturated rings. The van der Waals surface area contributed by atoms with Crippen molar-refractivity contribution in [1.29, 1.82) is 0 Å². The summed E-state index contributed by atoms with van der Waals surface area (Å²) in [7, 11) is 0. The van der Waals surface area contributed by atoms with Crippen molar-refractivity contribution < 1.29 is 14.7 Å². The van der Waals surface area contributed by atoms with E-state index in [9.17, 15) is 4.79 Å². The molecule has 54 valence electrons. The van der Waals surface area contributed by atoms with Crippen LogP contribution in [0.2, 0.25) is 0 Å². The molecule has 3 nitrogen and oxygen atoms in total. The molecule has 0 aliphatic carbocycles. The van der Waals surface area contributed by atoms with Gasteiger partial charge in [0.25, 0.3) is 5.97 Å². The van der Waals surface area contributed by atoms with Gasteiger partial charge in [0.05, 0.1) is 0 Å². The van der Waals surface area contributed by atoms with Crippen molar-refractivity contribution in [3.8, 4) is 0 Å². The molecule has 0 saturated heterocycles. The maximum atomic E-state index is 10.2. The fourth-order valence-electron chi connectivity index (χ4n) is 0. The van der Waals surface area contributed by atoms with Gasteiger partial charge in [-0.25, -0.2) is 0 Å². The number of carbonyl (C=O) groups is 2. The zero-order chi connectivity index (χ0) is 8.73. The molecule has 0 aromatic rings. The average Bonchev–Trinajstić information content (AvgIpc) is 1.63. The molecule has 0 aliphatic heterocycles.